The van der Waals surface area contributed by atoms with Crippen LogP contribution in [0.15, 0.2) is 24.2 Å². The van der Waals surface area contributed by atoms with Crippen LogP contribution in [0.3, 0.4) is 0 Å². The highest BCUT2D eigenvalue weighted by molar-refractivity contribution is 5.87. The third-order valence-electron chi connectivity index (χ3n) is 4.37. The Hall–Kier alpha value is -2.95. The molecular formula is C18H17F3N4O. The predicted molar refractivity (Wildman–Crippen MR) is 91.1 cm³/mol. The number of nitrogens with one attached hydrogen (secondary N) is 1. The SMILES string of the molecule is C#Cc1nccc(C2=CCN(C(=O)CC(F)(F)F)C2)c1C1=C(N)NCC1. The van der Waals surface area contributed by atoms with Crippen LogP contribution in [0.5, 0.6) is 0 Å². The van der Waals surface area contributed by atoms with Gasteiger partial charge in [0.25, 0.3) is 0 Å². The van der Waals surface area contributed by atoms with E-state index >= 15 is 0 Å². The van der Waals surface area contributed by atoms with Gasteiger partial charge in [0.15, 0.2) is 0 Å². The Balaban J connectivity index is 1.91. The van der Waals surface area contributed by atoms with E-state index in [2.05, 4.69) is 16.2 Å². The third-order valence-corrected chi connectivity index (χ3v) is 4.37. The van der Waals surface area contributed by atoms with Crippen LogP contribution in [0.2, 0.25) is 0 Å². The van der Waals surface area contributed by atoms with E-state index in [0.29, 0.717) is 30.0 Å². The molecule has 3 rings (SSSR count). The molecule has 0 unspecified atom stereocenters. The van der Waals surface area contributed by atoms with Gasteiger partial charge in [0.2, 0.25) is 5.91 Å². The highest BCUT2D eigenvalue weighted by atomic mass is 19.4. The summed E-state index contributed by atoms with van der Waals surface area (Å²) in [4.78, 5) is 17.2. The molecule has 2 aliphatic rings. The molecule has 0 aromatic carbocycles. The average Bonchev–Trinajstić information content (AvgIpc) is 3.21. The van der Waals surface area contributed by atoms with E-state index < -0.39 is 18.5 Å². The lowest BCUT2D eigenvalue weighted by molar-refractivity contribution is -0.160. The summed E-state index contributed by atoms with van der Waals surface area (Å²) in [5.41, 5.74) is 9.45. The number of hydrogen-bond acceptors (Lipinski definition) is 4. The van der Waals surface area contributed by atoms with E-state index in [0.717, 1.165) is 16.7 Å². The van der Waals surface area contributed by atoms with E-state index in [1.165, 1.54) is 4.90 Å². The molecule has 0 atom stereocenters. The quantitative estimate of drug-likeness (QED) is 0.806. The van der Waals surface area contributed by atoms with Crippen LogP contribution < -0.4 is 11.1 Å². The minimum Gasteiger partial charge on any atom is -0.385 e. The molecule has 0 saturated heterocycles. The zero-order valence-corrected chi connectivity index (χ0v) is 13.9. The largest absolute Gasteiger partial charge is 0.397 e. The van der Waals surface area contributed by atoms with Crippen molar-refractivity contribution in [2.45, 2.75) is 19.0 Å². The van der Waals surface area contributed by atoms with E-state index in [-0.39, 0.29) is 13.1 Å². The number of terminal acetylenes is 1. The average molecular weight is 362 g/mol. The molecule has 0 bridgehead atoms. The second-order valence-electron chi connectivity index (χ2n) is 6.09. The number of pyridine rings is 1. The number of carbonyl (C=O) groups excluding carboxylic acids is 1. The van der Waals surface area contributed by atoms with Crippen LogP contribution in [-0.4, -0.2) is 41.6 Å². The van der Waals surface area contributed by atoms with Crippen molar-refractivity contribution < 1.29 is 18.0 Å². The summed E-state index contributed by atoms with van der Waals surface area (Å²) in [7, 11) is 0. The van der Waals surface area contributed by atoms with Gasteiger partial charge in [0.05, 0.1) is 0 Å². The van der Waals surface area contributed by atoms with Crippen LogP contribution in [0, 0.1) is 12.3 Å². The molecule has 0 radical (unpaired) electrons. The Morgan fingerprint density at radius 2 is 2.23 bits per heavy atom. The summed E-state index contributed by atoms with van der Waals surface area (Å²) >= 11 is 0. The molecule has 26 heavy (non-hydrogen) atoms. The summed E-state index contributed by atoms with van der Waals surface area (Å²) in [6.07, 6.45) is 3.55. The second kappa shape index (κ2) is 6.75. The van der Waals surface area contributed by atoms with Crippen molar-refractivity contribution in [1.82, 2.24) is 15.2 Å². The highest BCUT2D eigenvalue weighted by Crippen LogP contribution is 2.34. The van der Waals surface area contributed by atoms with Gasteiger partial charge in [0.1, 0.15) is 17.9 Å². The van der Waals surface area contributed by atoms with Gasteiger partial charge in [0, 0.05) is 37.0 Å². The molecule has 1 aromatic rings. The standard InChI is InChI=1S/C18H17F3N4O/c1-2-14-16(13-4-7-24-17(13)22)12(3-6-23-14)11-5-8-25(10-11)15(26)9-18(19,20)21/h1,3,5-6,24H,4,7-10,22H2. The monoisotopic (exact) mass is 362 g/mol. The van der Waals surface area contributed by atoms with Crippen molar-refractivity contribution in [2.24, 2.45) is 5.73 Å². The Morgan fingerprint density at radius 1 is 1.46 bits per heavy atom. The molecule has 0 fully saturated rings. The van der Waals surface area contributed by atoms with E-state index in [4.69, 9.17) is 12.2 Å². The highest BCUT2D eigenvalue weighted by Gasteiger charge is 2.35. The summed E-state index contributed by atoms with van der Waals surface area (Å²) in [6.45, 7) is 0.898. The molecule has 1 amide bonds. The molecule has 2 aliphatic heterocycles. The van der Waals surface area contributed by atoms with Gasteiger partial charge in [-0.15, -0.1) is 6.42 Å². The molecule has 136 valence electrons. The van der Waals surface area contributed by atoms with Crippen LogP contribution in [0.1, 0.15) is 29.7 Å². The Kier molecular flexibility index (Phi) is 4.64. The summed E-state index contributed by atoms with van der Waals surface area (Å²) in [5.74, 6) is 2.10. The number of aromatic nitrogens is 1. The van der Waals surface area contributed by atoms with Crippen LogP contribution in [0.25, 0.3) is 11.1 Å². The zero-order chi connectivity index (χ0) is 18.9. The Labute approximate surface area is 148 Å². The van der Waals surface area contributed by atoms with Crippen molar-refractivity contribution in [1.29, 1.82) is 0 Å². The van der Waals surface area contributed by atoms with Crippen molar-refractivity contribution in [3.8, 4) is 12.3 Å². The van der Waals surface area contributed by atoms with Crippen molar-refractivity contribution >= 4 is 17.1 Å². The number of carbonyl (C=O) groups is 1. The van der Waals surface area contributed by atoms with Crippen LogP contribution in [0.4, 0.5) is 13.2 Å². The maximum atomic E-state index is 12.5. The lowest BCUT2D eigenvalue weighted by Crippen LogP contribution is -2.32. The van der Waals surface area contributed by atoms with Gasteiger partial charge in [-0.3, -0.25) is 4.79 Å². The summed E-state index contributed by atoms with van der Waals surface area (Å²) in [6, 6.07) is 1.75. The van der Waals surface area contributed by atoms with Crippen molar-refractivity contribution in [3.63, 3.8) is 0 Å². The number of hydrogen-bond donors (Lipinski definition) is 2. The smallest absolute Gasteiger partial charge is 0.385 e. The van der Waals surface area contributed by atoms with Gasteiger partial charge >= 0.3 is 6.18 Å². The molecule has 0 saturated carbocycles. The van der Waals surface area contributed by atoms with Gasteiger partial charge < -0.3 is 16.0 Å². The number of nitrogens with two attached hydrogens (primary N) is 1. The van der Waals surface area contributed by atoms with Crippen molar-refractivity contribution in [3.05, 3.63) is 41.0 Å². The molecule has 3 N–H and O–H groups in total. The molecule has 3 heterocycles. The van der Waals surface area contributed by atoms with E-state index in [9.17, 15) is 18.0 Å². The van der Waals surface area contributed by atoms with Gasteiger partial charge in [-0.25, -0.2) is 4.98 Å². The van der Waals surface area contributed by atoms with Crippen LogP contribution in [-0.2, 0) is 4.79 Å². The number of alkyl halides is 3. The molecule has 5 nitrogen and oxygen atoms in total. The van der Waals surface area contributed by atoms with E-state index in [1.54, 1.807) is 18.3 Å². The lowest BCUT2D eigenvalue weighted by atomic mass is 9.93. The number of amides is 1. The molecule has 0 spiro atoms. The maximum absolute atomic E-state index is 12.5. The van der Waals surface area contributed by atoms with Crippen LogP contribution >= 0.6 is 0 Å². The fourth-order valence-electron chi connectivity index (χ4n) is 3.19. The minimum atomic E-state index is -4.52. The fourth-order valence-corrected chi connectivity index (χ4v) is 3.19. The van der Waals surface area contributed by atoms with Gasteiger partial charge in [-0.1, -0.05) is 6.08 Å². The number of rotatable bonds is 3. The topological polar surface area (TPSA) is 71.2 Å². The minimum absolute atomic E-state index is 0.0938. The number of halogens is 3. The molecule has 8 heteroatoms. The summed E-state index contributed by atoms with van der Waals surface area (Å²) < 4.78 is 37.4. The first-order chi connectivity index (χ1) is 12.3. The third kappa shape index (κ3) is 3.52. The Morgan fingerprint density at radius 3 is 2.85 bits per heavy atom. The maximum Gasteiger partial charge on any atom is 0.397 e. The first-order valence-corrected chi connectivity index (χ1v) is 8.02. The Bertz CT molecular complexity index is 849. The first kappa shape index (κ1) is 17.9. The summed E-state index contributed by atoms with van der Waals surface area (Å²) in [5, 5.41) is 3.04. The number of nitrogens with zero attached hydrogens (tertiary/aromatic N) is 2. The normalized spacial score (nSPS) is 17.2. The van der Waals surface area contributed by atoms with Gasteiger partial charge in [-0.2, -0.15) is 13.2 Å². The molecule has 1 aromatic heterocycles. The fraction of sp³-hybridized carbons (Fsp3) is 0.333. The zero-order valence-electron chi connectivity index (χ0n) is 13.9. The van der Waals surface area contributed by atoms with Gasteiger partial charge in [-0.05, 0) is 29.5 Å². The van der Waals surface area contributed by atoms with E-state index in [1.807, 2.05) is 0 Å². The lowest BCUT2D eigenvalue weighted by Gasteiger charge is -2.19. The second-order valence-corrected chi connectivity index (χ2v) is 6.09. The molecule has 0 aliphatic carbocycles. The van der Waals surface area contributed by atoms with Crippen molar-refractivity contribution in [2.75, 3.05) is 19.6 Å². The predicted octanol–water partition coefficient (Wildman–Crippen LogP) is 1.86. The first-order valence-electron chi connectivity index (χ1n) is 8.02. The molecular weight excluding hydrogens is 345 g/mol.